The van der Waals surface area contributed by atoms with Crippen molar-refractivity contribution >= 4 is 17.8 Å². The number of hydrogen-bond acceptors (Lipinski definition) is 3. The minimum absolute atomic E-state index is 0.271. The molecule has 0 bridgehead atoms. The van der Waals surface area contributed by atoms with Gasteiger partial charge in [0.1, 0.15) is 12.1 Å². The van der Waals surface area contributed by atoms with Crippen LogP contribution in [-0.4, -0.2) is 34.8 Å². The van der Waals surface area contributed by atoms with Crippen molar-refractivity contribution in [1.29, 1.82) is 0 Å². The van der Waals surface area contributed by atoms with E-state index in [1.54, 1.807) is 0 Å². The van der Waals surface area contributed by atoms with Gasteiger partial charge in [0.25, 0.3) is 5.91 Å². The number of carbonyl (C=O) groups is 3. The fraction of sp³-hybridized carbons (Fsp3) is 0.526. The van der Waals surface area contributed by atoms with E-state index in [1.807, 2.05) is 58.0 Å². The van der Waals surface area contributed by atoms with E-state index in [4.69, 9.17) is 0 Å². The molecule has 0 radical (unpaired) electrons. The second kappa shape index (κ2) is 7.25. The highest BCUT2D eigenvalue weighted by Crippen LogP contribution is 2.33. The van der Waals surface area contributed by atoms with Crippen molar-refractivity contribution in [3.05, 3.63) is 35.9 Å². The van der Waals surface area contributed by atoms with E-state index >= 15 is 0 Å². The number of nitrogens with zero attached hydrogens (tertiary/aromatic N) is 1. The maximum atomic E-state index is 13.1. The molecule has 2 N–H and O–H groups in total. The average molecular weight is 345 g/mol. The fourth-order valence-electron chi connectivity index (χ4n) is 3.03. The van der Waals surface area contributed by atoms with Gasteiger partial charge in [-0.2, -0.15) is 0 Å². The van der Waals surface area contributed by atoms with E-state index in [0.29, 0.717) is 6.42 Å². The van der Waals surface area contributed by atoms with Crippen molar-refractivity contribution in [2.75, 3.05) is 6.54 Å². The number of urea groups is 1. The topological polar surface area (TPSA) is 78.5 Å². The van der Waals surface area contributed by atoms with Gasteiger partial charge in [0.15, 0.2) is 0 Å². The first-order valence-corrected chi connectivity index (χ1v) is 8.76. The molecule has 6 heteroatoms. The van der Waals surface area contributed by atoms with Crippen LogP contribution in [0.25, 0.3) is 0 Å². The van der Waals surface area contributed by atoms with Crippen LogP contribution >= 0.6 is 0 Å². The summed E-state index contributed by atoms with van der Waals surface area (Å²) in [4.78, 5) is 38.8. The Labute approximate surface area is 149 Å². The molecule has 1 heterocycles. The molecule has 136 valence electrons. The van der Waals surface area contributed by atoms with Crippen LogP contribution in [0.3, 0.4) is 0 Å². The number of carbonyl (C=O) groups excluding carboxylic acids is 3. The molecule has 4 amide bonds. The number of hydrogen-bond donors (Lipinski definition) is 2. The Morgan fingerprint density at radius 2 is 1.84 bits per heavy atom. The second-order valence-electron chi connectivity index (χ2n) is 7.13. The van der Waals surface area contributed by atoms with Crippen LogP contribution in [0.1, 0.15) is 52.5 Å². The van der Waals surface area contributed by atoms with Gasteiger partial charge in [0.05, 0.1) is 0 Å². The zero-order valence-corrected chi connectivity index (χ0v) is 15.4. The molecular weight excluding hydrogens is 318 g/mol. The van der Waals surface area contributed by atoms with Crippen LogP contribution in [0, 0.1) is 0 Å². The van der Waals surface area contributed by atoms with Gasteiger partial charge in [-0.3, -0.25) is 14.5 Å². The molecule has 6 nitrogen and oxygen atoms in total. The Hall–Kier alpha value is -2.37. The van der Waals surface area contributed by atoms with Gasteiger partial charge in [-0.25, -0.2) is 4.79 Å². The molecule has 1 atom stereocenters. The van der Waals surface area contributed by atoms with Crippen LogP contribution in [0.5, 0.6) is 0 Å². The number of amides is 4. The molecule has 2 rings (SSSR count). The third-order valence-corrected chi connectivity index (χ3v) is 4.73. The SMILES string of the molecule is CCC[C@@]1(c2ccccc2)NC(=O)N(CC(=O)NC(C)(C)CC)C1=O. The zero-order valence-electron chi connectivity index (χ0n) is 15.4. The summed E-state index contributed by atoms with van der Waals surface area (Å²) in [5.41, 5.74) is -0.726. The fourth-order valence-corrected chi connectivity index (χ4v) is 3.03. The van der Waals surface area contributed by atoms with Crippen molar-refractivity contribution in [2.24, 2.45) is 0 Å². The molecule has 0 aromatic heterocycles. The molecule has 1 fully saturated rings. The summed E-state index contributed by atoms with van der Waals surface area (Å²) < 4.78 is 0. The Kier molecular flexibility index (Phi) is 5.50. The molecule has 1 aromatic rings. The molecule has 25 heavy (non-hydrogen) atoms. The van der Waals surface area contributed by atoms with Gasteiger partial charge in [0, 0.05) is 5.54 Å². The molecular formula is C19H27N3O3. The summed E-state index contributed by atoms with van der Waals surface area (Å²) in [5.74, 6) is -0.703. The lowest BCUT2D eigenvalue weighted by Crippen LogP contribution is -2.49. The Morgan fingerprint density at radius 3 is 2.40 bits per heavy atom. The van der Waals surface area contributed by atoms with E-state index in [1.165, 1.54) is 0 Å². The summed E-state index contributed by atoms with van der Waals surface area (Å²) in [6.07, 6.45) is 1.96. The largest absolute Gasteiger partial charge is 0.350 e. The van der Waals surface area contributed by atoms with Crippen molar-refractivity contribution in [3.8, 4) is 0 Å². The quantitative estimate of drug-likeness (QED) is 0.746. The predicted molar refractivity (Wildman–Crippen MR) is 95.8 cm³/mol. The van der Waals surface area contributed by atoms with E-state index in [2.05, 4.69) is 10.6 Å². The van der Waals surface area contributed by atoms with E-state index in [0.717, 1.165) is 23.3 Å². The third kappa shape index (κ3) is 3.83. The highest BCUT2D eigenvalue weighted by molar-refractivity contribution is 6.09. The van der Waals surface area contributed by atoms with E-state index in [9.17, 15) is 14.4 Å². The first-order valence-electron chi connectivity index (χ1n) is 8.76. The van der Waals surface area contributed by atoms with Gasteiger partial charge >= 0.3 is 6.03 Å². The first kappa shape index (κ1) is 19.0. The molecule has 0 aliphatic carbocycles. The molecule has 0 spiro atoms. The maximum absolute atomic E-state index is 13.1. The summed E-state index contributed by atoms with van der Waals surface area (Å²) in [5, 5.41) is 5.68. The van der Waals surface area contributed by atoms with Crippen molar-refractivity contribution in [1.82, 2.24) is 15.5 Å². The first-order chi connectivity index (χ1) is 11.8. The van der Waals surface area contributed by atoms with Gasteiger partial charge in [-0.15, -0.1) is 0 Å². The summed E-state index contributed by atoms with van der Waals surface area (Å²) in [6.45, 7) is 7.47. The number of nitrogens with one attached hydrogen (secondary N) is 2. The third-order valence-electron chi connectivity index (χ3n) is 4.73. The van der Waals surface area contributed by atoms with Crippen molar-refractivity contribution in [3.63, 3.8) is 0 Å². The van der Waals surface area contributed by atoms with Crippen LogP contribution < -0.4 is 10.6 Å². The van der Waals surface area contributed by atoms with Gasteiger partial charge < -0.3 is 10.6 Å². The van der Waals surface area contributed by atoms with Gasteiger partial charge in [0.2, 0.25) is 5.91 Å². The van der Waals surface area contributed by atoms with E-state index in [-0.39, 0.29) is 23.9 Å². The monoisotopic (exact) mass is 345 g/mol. The number of rotatable bonds is 7. The van der Waals surface area contributed by atoms with Crippen LogP contribution in [0.2, 0.25) is 0 Å². The standard InChI is InChI=1S/C19H27N3O3/c1-5-12-19(14-10-8-7-9-11-14)16(24)22(17(25)21-19)13-15(23)20-18(3,4)6-2/h7-11H,5-6,12-13H2,1-4H3,(H,20,23)(H,21,25)/t19-/m0/s1. The Balaban J connectivity index is 2.24. The lowest BCUT2D eigenvalue weighted by molar-refractivity contribution is -0.136. The average Bonchev–Trinajstić information content (AvgIpc) is 2.81. The van der Waals surface area contributed by atoms with E-state index < -0.39 is 11.6 Å². The maximum Gasteiger partial charge on any atom is 0.325 e. The highest BCUT2D eigenvalue weighted by Gasteiger charge is 2.52. The Bertz CT molecular complexity index is 657. The van der Waals surface area contributed by atoms with Gasteiger partial charge in [-0.05, 0) is 32.3 Å². The predicted octanol–water partition coefficient (Wildman–Crippen LogP) is 2.54. The summed E-state index contributed by atoms with van der Waals surface area (Å²) in [7, 11) is 0. The molecule has 1 aliphatic heterocycles. The number of benzene rings is 1. The minimum Gasteiger partial charge on any atom is -0.350 e. The Morgan fingerprint density at radius 1 is 1.20 bits per heavy atom. The lowest BCUT2D eigenvalue weighted by Gasteiger charge is -2.27. The van der Waals surface area contributed by atoms with Gasteiger partial charge in [-0.1, -0.05) is 50.6 Å². The lowest BCUT2D eigenvalue weighted by atomic mass is 9.85. The van der Waals surface area contributed by atoms with Crippen LogP contribution in [-0.2, 0) is 15.1 Å². The summed E-state index contributed by atoms with van der Waals surface area (Å²) >= 11 is 0. The normalized spacial score (nSPS) is 20.6. The molecule has 0 unspecified atom stereocenters. The van der Waals surface area contributed by atoms with Crippen molar-refractivity contribution < 1.29 is 14.4 Å². The minimum atomic E-state index is -1.09. The molecule has 0 saturated carbocycles. The second-order valence-corrected chi connectivity index (χ2v) is 7.13. The molecule has 1 saturated heterocycles. The molecule has 1 aliphatic rings. The summed E-state index contributed by atoms with van der Waals surface area (Å²) in [6, 6.07) is 8.68. The van der Waals surface area contributed by atoms with Crippen LogP contribution in [0.15, 0.2) is 30.3 Å². The highest BCUT2D eigenvalue weighted by atomic mass is 16.2. The molecule has 1 aromatic carbocycles. The smallest absolute Gasteiger partial charge is 0.325 e. The zero-order chi connectivity index (χ0) is 18.7. The van der Waals surface area contributed by atoms with Crippen molar-refractivity contribution in [2.45, 2.75) is 58.0 Å². The van der Waals surface area contributed by atoms with Crippen LogP contribution in [0.4, 0.5) is 4.79 Å². The number of imide groups is 1.